The highest BCUT2D eigenvalue weighted by Crippen LogP contribution is 2.41. The molecule has 0 aromatic carbocycles. The van der Waals surface area contributed by atoms with Crippen LogP contribution in [0.5, 0.6) is 0 Å². The van der Waals surface area contributed by atoms with Crippen LogP contribution in [-0.4, -0.2) is 50.6 Å². The molecule has 0 unspecified atom stereocenters. The van der Waals surface area contributed by atoms with Crippen molar-refractivity contribution in [2.75, 3.05) is 36.9 Å². The Hall–Kier alpha value is -0.540. The highest BCUT2D eigenvalue weighted by molar-refractivity contribution is 14.1. The van der Waals surface area contributed by atoms with Crippen molar-refractivity contribution in [1.82, 2.24) is 19.4 Å². The van der Waals surface area contributed by atoms with Crippen molar-refractivity contribution in [2.24, 2.45) is 5.92 Å². The molecule has 1 aliphatic heterocycles. The quantitative estimate of drug-likeness (QED) is 0.761. The Morgan fingerprint density at radius 1 is 1.27 bits per heavy atom. The van der Waals surface area contributed by atoms with Crippen LogP contribution in [0.1, 0.15) is 18.9 Å². The summed E-state index contributed by atoms with van der Waals surface area (Å²) >= 11 is 4.42. The van der Waals surface area contributed by atoms with E-state index < -0.39 is 0 Å². The molecule has 2 aromatic heterocycles. The number of nitrogens with two attached hydrogens (primary N) is 1. The molecule has 7 heteroatoms. The minimum atomic E-state index is 0.574. The second-order valence-corrected chi connectivity index (χ2v) is 8.63. The SMILES string of the molecule is Nc1ncnc2c1c(I)cn2C1CC(CN2CCSCC2)C1. The van der Waals surface area contributed by atoms with Crippen molar-refractivity contribution in [1.29, 1.82) is 0 Å². The Balaban J connectivity index is 1.45. The summed E-state index contributed by atoms with van der Waals surface area (Å²) in [5.74, 6) is 4.02. The van der Waals surface area contributed by atoms with Gasteiger partial charge in [0.1, 0.15) is 17.8 Å². The van der Waals surface area contributed by atoms with Crippen LogP contribution in [0, 0.1) is 9.49 Å². The number of anilines is 1. The first-order valence-corrected chi connectivity index (χ1v) is 10.0. The Bertz CT molecular complexity index is 676. The van der Waals surface area contributed by atoms with Crippen molar-refractivity contribution in [3.05, 3.63) is 16.1 Å². The molecule has 5 nitrogen and oxygen atoms in total. The van der Waals surface area contributed by atoms with Gasteiger partial charge in [-0.15, -0.1) is 0 Å². The minimum Gasteiger partial charge on any atom is -0.383 e. The molecule has 22 heavy (non-hydrogen) atoms. The van der Waals surface area contributed by atoms with Gasteiger partial charge in [0.25, 0.3) is 0 Å². The fourth-order valence-corrected chi connectivity index (χ4v) is 5.36. The minimum absolute atomic E-state index is 0.574. The normalized spacial score (nSPS) is 26.2. The van der Waals surface area contributed by atoms with Crippen LogP contribution >= 0.6 is 34.4 Å². The highest BCUT2D eigenvalue weighted by atomic mass is 127. The van der Waals surface area contributed by atoms with E-state index in [1.807, 2.05) is 0 Å². The van der Waals surface area contributed by atoms with Crippen LogP contribution in [0.2, 0.25) is 0 Å². The highest BCUT2D eigenvalue weighted by Gasteiger charge is 2.33. The van der Waals surface area contributed by atoms with E-state index in [1.54, 1.807) is 6.33 Å². The van der Waals surface area contributed by atoms with Gasteiger partial charge in [-0.25, -0.2) is 9.97 Å². The molecule has 0 bridgehead atoms. The van der Waals surface area contributed by atoms with E-state index >= 15 is 0 Å². The molecule has 1 saturated carbocycles. The summed E-state index contributed by atoms with van der Waals surface area (Å²) in [5.41, 5.74) is 7.00. The average molecular weight is 429 g/mol. The first-order valence-electron chi connectivity index (χ1n) is 7.79. The molecule has 4 rings (SSSR count). The molecule has 0 atom stereocenters. The van der Waals surface area contributed by atoms with Gasteiger partial charge in [-0.2, -0.15) is 11.8 Å². The number of nitrogen functional groups attached to an aromatic ring is 1. The smallest absolute Gasteiger partial charge is 0.146 e. The van der Waals surface area contributed by atoms with E-state index in [1.165, 1.54) is 44.0 Å². The molecule has 2 fully saturated rings. The molecule has 0 spiro atoms. The Labute approximate surface area is 148 Å². The zero-order valence-electron chi connectivity index (χ0n) is 12.4. The third-order valence-corrected chi connectivity index (χ3v) is 6.58. The first-order chi connectivity index (χ1) is 10.7. The second kappa shape index (κ2) is 6.16. The predicted molar refractivity (Wildman–Crippen MR) is 100 cm³/mol. The van der Waals surface area contributed by atoms with E-state index in [2.05, 4.69) is 60.0 Å². The van der Waals surface area contributed by atoms with Crippen molar-refractivity contribution < 1.29 is 0 Å². The number of halogens is 1. The lowest BCUT2D eigenvalue weighted by molar-refractivity contribution is 0.137. The number of rotatable bonds is 3. The first kappa shape index (κ1) is 15.0. The molecule has 0 amide bonds. The van der Waals surface area contributed by atoms with Gasteiger partial charge in [0, 0.05) is 46.9 Å². The Morgan fingerprint density at radius 2 is 2.05 bits per heavy atom. The lowest BCUT2D eigenvalue weighted by atomic mass is 9.79. The van der Waals surface area contributed by atoms with Crippen molar-refractivity contribution in [3.8, 4) is 0 Å². The van der Waals surface area contributed by atoms with Gasteiger partial charge in [-0.1, -0.05) is 0 Å². The molecule has 2 N–H and O–H groups in total. The van der Waals surface area contributed by atoms with Gasteiger partial charge in [-0.05, 0) is 41.4 Å². The van der Waals surface area contributed by atoms with Gasteiger partial charge in [-0.3, -0.25) is 0 Å². The third kappa shape index (κ3) is 2.71. The zero-order valence-corrected chi connectivity index (χ0v) is 15.4. The summed E-state index contributed by atoms with van der Waals surface area (Å²) in [7, 11) is 0. The molecule has 1 aliphatic carbocycles. The number of hydrogen-bond acceptors (Lipinski definition) is 5. The van der Waals surface area contributed by atoms with Crippen molar-refractivity contribution in [2.45, 2.75) is 18.9 Å². The number of hydrogen-bond donors (Lipinski definition) is 1. The molecular weight excluding hydrogens is 409 g/mol. The van der Waals surface area contributed by atoms with Crippen molar-refractivity contribution >= 4 is 51.2 Å². The Morgan fingerprint density at radius 3 is 2.82 bits per heavy atom. The van der Waals surface area contributed by atoms with Gasteiger partial charge >= 0.3 is 0 Å². The summed E-state index contributed by atoms with van der Waals surface area (Å²) < 4.78 is 3.47. The maximum Gasteiger partial charge on any atom is 0.146 e. The van der Waals surface area contributed by atoms with Crippen LogP contribution < -0.4 is 5.73 Å². The summed E-state index contributed by atoms with van der Waals surface area (Å²) in [6.45, 7) is 3.80. The number of nitrogens with zero attached hydrogens (tertiary/aromatic N) is 4. The topological polar surface area (TPSA) is 60.0 Å². The van der Waals surface area contributed by atoms with Crippen LogP contribution in [-0.2, 0) is 0 Å². The standard InChI is InChI=1S/C15H20IN5S/c16-12-8-21(15-13(12)14(17)18-9-19-15)11-5-10(6-11)7-20-1-3-22-4-2-20/h8-11H,1-7H2,(H2,17,18,19). The van der Waals surface area contributed by atoms with E-state index in [0.717, 1.165) is 20.5 Å². The third-order valence-electron chi connectivity index (χ3n) is 4.82. The van der Waals surface area contributed by atoms with Crippen molar-refractivity contribution in [3.63, 3.8) is 0 Å². The molecule has 2 aromatic rings. The summed E-state index contributed by atoms with van der Waals surface area (Å²) in [6.07, 6.45) is 6.28. The molecule has 1 saturated heterocycles. The predicted octanol–water partition coefficient (Wildman–Crippen LogP) is 2.62. The van der Waals surface area contributed by atoms with E-state index in [-0.39, 0.29) is 0 Å². The second-order valence-electron chi connectivity index (χ2n) is 6.25. The Kier molecular flexibility index (Phi) is 4.21. The fourth-order valence-electron chi connectivity index (χ4n) is 3.57. The lowest BCUT2D eigenvalue weighted by Crippen LogP contribution is -2.40. The number of thioether (sulfide) groups is 1. The van der Waals surface area contributed by atoms with Gasteiger partial charge < -0.3 is 15.2 Å². The number of aromatic nitrogens is 3. The molecule has 0 radical (unpaired) electrons. The van der Waals surface area contributed by atoms with E-state index in [0.29, 0.717) is 11.9 Å². The largest absolute Gasteiger partial charge is 0.383 e. The average Bonchev–Trinajstić information content (AvgIpc) is 2.82. The summed E-state index contributed by atoms with van der Waals surface area (Å²) in [6, 6.07) is 0.574. The lowest BCUT2D eigenvalue weighted by Gasteiger charge is -2.40. The van der Waals surface area contributed by atoms with Crippen LogP contribution in [0.25, 0.3) is 11.0 Å². The zero-order chi connectivity index (χ0) is 15.1. The van der Waals surface area contributed by atoms with Gasteiger partial charge in [0.05, 0.1) is 5.39 Å². The van der Waals surface area contributed by atoms with Crippen LogP contribution in [0.15, 0.2) is 12.5 Å². The van der Waals surface area contributed by atoms with Gasteiger partial charge in [0.2, 0.25) is 0 Å². The van der Waals surface area contributed by atoms with Crippen LogP contribution in [0.4, 0.5) is 5.82 Å². The number of fused-ring (bicyclic) bond motifs is 1. The van der Waals surface area contributed by atoms with E-state index in [4.69, 9.17) is 5.73 Å². The maximum atomic E-state index is 6.00. The summed E-state index contributed by atoms with van der Waals surface area (Å²) in [5, 5.41) is 1.01. The molecule has 2 aliphatic rings. The van der Waals surface area contributed by atoms with E-state index in [9.17, 15) is 0 Å². The van der Waals surface area contributed by atoms with Crippen LogP contribution in [0.3, 0.4) is 0 Å². The molecule has 3 heterocycles. The fraction of sp³-hybridized carbons (Fsp3) is 0.600. The molecular formula is C15H20IN5S. The maximum absolute atomic E-state index is 6.00. The van der Waals surface area contributed by atoms with Gasteiger partial charge in [0.15, 0.2) is 0 Å². The molecule has 118 valence electrons. The monoisotopic (exact) mass is 429 g/mol. The summed E-state index contributed by atoms with van der Waals surface area (Å²) in [4.78, 5) is 11.2.